The van der Waals surface area contributed by atoms with Crippen LogP contribution in [-0.2, 0) is 5.54 Å². The second-order valence-corrected chi connectivity index (χ2v) is 6.50. The first-order valence-electron chi connectivity index (χ1n) is 7.85. The molecule has 3 heteroatoms. The summed E-state index contributed by atoms with van der Waals surface area (Å²) < 4.78 is 0. The first kappa shape index (κ1) is 14.1. The Balaban J connectivity index is 1.75. The van der Waals surface area contributed by atoms with Gasteiger partial charge < -0.3 is 15.3 Å². The van der Waals surface area contributed by atoms with Crippen LogP contribution in [0.25, 0.3) is 0 Å². The van der Waals surface area contributed by atoms with E-state index in [0.29, 0.717) is 0 Å². The second kappa shape index (κ2) is 5.84. The molecule has 1 saturated heterocycles. The molecule has 0 amide bonds. The van der Waals surface area contributed by atoms with Crippen molar-refractivity contribution in [1.29, 1.82) is 0 Å². The molecule has 0 bridgehead atoms. The second-order valence-electron chi connectivity index (χ2n) is 6.50. The summed E-state index contributed by atoms with van der Waals surface area (Å²) in [6, 6.07) is 10.4. The van der Waals surface area contributed by atoms with Crippen LogP contribution in [-0.4, -0.2) is 43.3 Å². The van der Waals surface area contributed by atoms with E-state index in [1.54, 1.807) is 0 Å². The van der Waals surface area contributed by atoms with Crippen LogP contribution in [0.5, 0.6) is 0 Å². The maximum Gasteiger partial charge on any atom is 0.0795 e. The molecule has 0 radical (unpaired) electrons. The Hall–Kier alpha value is -0.900. The highest BCUT2D eigenvalue weighted by Crippen LogP contribution is 2.38. The van der Waals surface area contributed by atoms with Crippen molar-refractivity contribution >= 4 is 0 Å². The lowest BCUT2D eigenvalue weighted by molar-refractivity contribution is 0.120. The Bertz CT molecular complexity index is 418. The predicted octanol–water partition coefficient (Wildman–Crippen LogP) is 1.83. The fraction of sp³-hybridized carbons (Fsp3) is 0.647. The predicted molar refractivity (Wildman–Crippen MR) is 81.5 cm³/mol. The van der Waals surface area contributed by atoms with Crippen molar-refractivity contribution in [3.63, 3.8) is 0 Å². The van der Waals surface area contributed by atoms with E-state index in [2.05, 4.69) is 34.5 Å². The molecule has 3 atom stereocenters. The minimum Gasteiger partial charge on any atom is -0.394 e. The molecule has 1 aliphatic heterocycles. The molecule has 1 aromatic carbocycles. The lowest BCUT2D eigenvalue weighted by Gasteiger charge is -2.36. The van der Waals surface area contributed by atoms with Gasteiger partial charge in [-0.3, -0.25) is 0 Å². The number of rotatable bonds is 5. The molecule has 110 valence electrons. The van der Waals surface area contributed by atoms with Gasteiger partial charge in [0.1, 0.15) is 0 Å². The summed E-state index contributed by atoms with van der Waals surface area (Å²) >= 11 is 0. The number of benzene rings is 1. The summed E-state index contributed by atoms with van der Waals surface area (Å²) in [6.07, 6.45) is 4.22. The zero-order chi connectivity index (χ0) is 14.0. The monoisotopic (exact) mass is 274 g/mol. The Kier molecular flexibility index (Phi) is 4.11. The maximum atomic E-state index is 10.0. The van der Waals surface area contributed by atoms with Gasteiger partial charge in [-0.2, -0.15) is 0 Å². The van der Waals surface area contributed by atoms with Crippen molar-refractivity contribution in [2.45, 2.75) is 24.8 Å². The Morgan fingerprint density at radius 2 is 1.85 bits per heavy atom. The van der Waals surface area contributed by atoms with Crippen LogP contribution >= 0.6 is 0 Å². The van der Waals surface area contributed by atoms with E-state index in [1.807, 2.05) is 13.1 Å². The number of hydrogen-bond acceptors (Lipinski definition) is 3. The number of aliphatic hydroxyl groups is 1. The number of nitrogens with zero attached hydrogens (tertiary/aromatic N) is 1. The average Bonchev–Trinajstić information content (AvgIpc) is 3.07. The minimum atomic E-state index is -0.333. The SMILES string of the molecule is CNC(CO)(CN1CC2CCCC2C1)c1ccccc1. The summed E-state index contributed by atoms with van der Waals surface area (Å²) in [5.74, 6) is 1.80. The number of fused-ring (bicyclic) bond motifs is 1. The van der Waals surface area contributed by atoms with Crippen LogP contribution in [0.2, 0.25) is 0 Å². The molecule has 0 aromatic heterocycles. The van der Waals surface area contributed by atoms with Gasteiger partial charge in [-0.05, 0) is 37.3 Å². The van der Waals surface area contributed by atoms with E-state index in [0.717, 1.165) is 18.4 Å². The van der Waals surface area contributed by atoms with Crippen molar-refractivity contribution in [3.8, 4) is 0 Å². The van der Waals surface area contributed by atoms with Gasteiger partial charge in [0.15, 0.2) is 0 Å². The number of hydrogen-bond donors (Lipinski definition) is 2. The largest absolute Gasteiger partial charge is 0.394 e. The zero-order valence-electron chi connectivity index (χ0n) is 12.4. The highest BCUT2D eigenvalue weighted by molar-refractivity contribution is 5.25. The van der Waals surface area contributed by atoms with Gasteiger partial charge in [0.05, 0.1) is 12.1 Å². The lowest BCUT2D eigenvalue weighted by Crippen LogP contribution is -2.52. The van der Waals surface area contributed by atoms with Crippen molar-refractivity contribution in [3.05, 3.63) is 35.9 Å². The van der Waals surface area contributed by atoms with Crippen LogP contribution < -0.4 is 5.32 Å². The van der Waals surface area contributed by atoms with Gasteiger partial charge in [0.25, 0.3) is 0 Å². The summed E-state index contributed by atoms with van der Waals surface area (Å²) in [5, 5.41) is 13.4. The standard InChI is InChI=1S/C17H26N2O/c1-18-17(13-20,16-8-3-2-4-9-16)12-19-10-14-6-5-7-15(14)11-19/h2-4,8-9,14-15,18,20H,5-7,10-13H2,1H3. The van der Waals surface area contributed by atoms with Gasteiger partial charge >= 0.3 is 0 Å². The lowest BCUT2D eigenvalue weighted by atomic mass is 9.90. The van der Waals surface area contributed by atoms with E-state index < -0.39 is 0 Å². The molecule has 3 nitrogen and oxygen atoms in total. The highest BCUT2D eigenvalue weighted by atomic mass is 16.3. The zero-order valence-corrected chi connectivity index (χ0v) is 12.4. The molecule has 2 aliphatic rings. The topological polar surface area (TPSA) is 35.5 Å². The molecule has 1 aromatic rings. The molecule has 1 aliphatic carbocycles. The molecule has 0 spiro atoms. The fourth-order valence-electron chi connectivity index (χ4n) is 4.14. The number of likely N-dealkylation sites (N-methyl/N-ethyl adjacent to an activating group) is 1. The molecule has 3 rings (SSSR count). The van der Waals surface area contributed by atoms with Crippen LogP contribution in [0.1, 0.15) is 24.8 Å². The average molecular weight is 274 g/mol. The van der Waals surface area contributed by atoms with E-state index >= 15 is 0 Å². The summed E-state index contributed by atoms with van der Waals surface area (Å²) in [4.78, 5) is 2.55. The summed E-state index contributed by atoms with van der Waals surface area (Å²) in [5.41, 5.74) is 0.849. The third-order valence-electron chi connectivity index (χ3n) is 5.37. The normalized spacial score (nSPS) is 29.3. The molecule has 1 saturated carbocycles. The minimum absolute atomic E-state index is 0.138. The fourth-order valence-corrected chi connectivity index (χ4v) is 4.14. The van der Waals surface area contributed by atoms with Crippen LogP contribution in [0.15, 0.2) is 30.3 Å². The van der Waals surface area contributed by atoms with Crippen LogP contribution in [0.3, 0.4) is 0 Å². The molecule has 2 N–H and O–H groups in total. The molecular formula is C17H26N2O. The Labute approximate surface area is 122 Å². The molecular weight excluding hydrogens is 248 g/mol. The quantitative estimate of drug-likeness (QED) is 0.860. The van der Waals surface area contributed by atoms with Gasteiger partial charge in [0.2, 0.25) is 0 Å². The van der Waals surface area contributed by atoms with E-state index in [-0.39, 0.29) is 12.1 Å². The summed E-state index contributed by atoms with van der Waals surface area (Å²) in [6.45, 7) is 3.46. The van der Waals surface area contributed by atoms with Crippen molar-refractivity contribution in [2.75, 3.05) is 33.3 Å². The van der Waals surface area contributed by atoms with E-state index in [9.17, 15) is 5.11 Å². The third kappa shape index (κ3) is 2.50. The Morgan fingerprint density at radius 1 is 1.20 bits per heavy atom. The molecule has 1 heterocycles. The van der Waals surface area contributed by atoms with Gasteiger partial charge in [-0.15, -0.1) is 0 Å². The first-order valence-corrected chi connectivity index (χ1v) is 7.85. The number of aliphatic hydroxyl groups excluding tert-OH is 1. The maximum absolute atomic E-state index is 10.0. The van der Waals surface area contributed by atoms with E-state index in [1.165, 1.54) is 37.9 Å². The number of nitrogens with one attached hydrogen (secondary N) is 1. The third-order valence-corrected chi connectivity index (χ3v) is 5.37. The van der Waals surface area contributed by atoms with Crippen molar-refractivity contribution < 1.29 is 5.11 Å². The summed E-state index contributed by atoms with van der Waals surface area (Å²) in [7, 11) is 1.96. The smallest absolute Gasteiger partial charge is 0.0795 e. The Morgan fingerprint density at radius 3 is 2.40 bits per heavy atom. The molecule has 3 unspecified atom stereocenters. The van der Waals surface area contributed by atoms with Crippen LogP contribution in [0.4, 0.5) is 0 Å². The van der Waals surface area contributed by atoms with Crippen molar-refractivity contribution in [1.82, 2.24) is 10.2 Å². The van der Waals surface area contributed by atoms with Gasteiger partial charge in [-0.25, -0.2) is 0 Å². The van der Waals surface area contributed by atoms with E-state index in [4.69, 9.17) is 0 Å². The van der Waals surface area contributed by atoms with Gasteiger partial charge in [-0.1, -0.05) is 36.8 Å². The van der Waals surface area contributed by atoms with Crippen molar-refractivity contribution in [2.24, 2.45) is 11.8 Å². The molecule has 20 heavy (non-hydrogen) atoms. The molecule has 2 fully saturated rings. The highest BCUT2D eigenvalue weighted by Gasteiger charge is 2.40. The number of likely N-dealkylation sites (tertiary alicyclic amines) is 1. The first-order chi connectivity index (χ1) is 9.77. The van der Waals surface area contributed by atoms with Gasteiger partial charge in [0, 0.05) is 19.6 Å². The van der Waals surface area contributed by atoms with Crippen LogP contribution in [0, 0.1) is 11.8 Å².